The largest absolute Gasteiger partial charge is 0.466 e. The molecule has 0 radical (unpaired) electrons. The zero-order valence-electron chi connectivity index (χ0n) is 13.9. The molecule has 4 nitrogen and oxygen atoms in total. The Bertz CT molecular complexity index is 514. The zero-order valence-corrected chi connectivity index (χ0v) is 14.7. The third-order valence-electron chi connectivity index (χ3n) is 3.38. The van der Waals surface area contributed by atoms with Crippen molar-refractivity contribution < 1.29 is 19.1 Å². The average molecular weight is 341 g/mol. The van der Waals surface area contributed by atoms with Crippen LogP contribution in [-0.2, 0) is 14.3 Å². The first-order chi connectivity index (χ1) is 11.0. The van der Waals surface area contributed by atoms with Gasteiger partial charge in [-0.2, -0.15) is 0 Å². The second kappa shape index (κ2) is 11.1. The van der Waals surface area contributed by atoms with Crippen molar-refractivity contribution in [3.8, 4) is 5.75 Å². The Balaban J connectivity index is 2.12. The first kappa shape index (κ1) is 19.5. The van der Waals surface area contributed by atoms with E-state index in [2.05, 4.69) is 6.92 Å². The van der Waals surface area contributed by atoms with Gasteiger partial charge >= 0.3 is 11.9 Å². The molecule has 0 aromatic heterocycles. The van der Waals surface area contributed by atoms with Crippen LogP contribution >= 0.6 is 11.6 Å². The Morgan fingerprint density at radius 1 is 1.04 bits per heavy atom. The summed E-state index contributed by atoms with van der Waals surface area (Å²) in [6.07, 6.45) is 4.91. The SMILES string of the molecule is CCCCOC(=O)CCCCCC(=O)Oc1ccc(Cl)c(C)c1. The highest BCUT2D eigenvalue weighted by molar-refractivity contribution is 6.31. The summed E-state index contributed by atoms with van der Waals surface area (Å²) in [4.78, 5) is 23.1. The minimum atomic E-state index is -0.266. The first-order valence-electron chi connectivity index (χ1n) is 8.15. The zero-order chi connectivity index (χ0) is 17.1. The molecule has 0 saturated heterocycles. The van der Waals surface area contributed by atoms with Gasteiger partial charge in [-0.1, -0.05) is 31.4 Å². The molecule has 0 saturated carbocycles. The summed E-state index contributed by atoms with van der Waals surface area (Å²) < 4.78 is 10.3. The number of ether oxygens (including phenoxy) is 2. The van der Waals surface area contributed by atoms with E-state index in [1.165, 1.54) is 0 Å². The van der Waals surface area contributed by atoms with Gasteiger partial charge < -0.3 is 9.47 Å². The van der Waals surface area contributed by atoms with Gasteiger partial charge in [0.1, 0.15) is 5.75 Å². The molecular formula is C18H25ClO4. The van der Waals surface area contributed by atoms with E-state index in [1.807, 2.05) is 6.92 Å². The molecule has 0 unspecified atom stereocenters. The maximum absolute atomic E-state index is 11.7. The molecule has 0 aliphatic carbocycles. The lowest BCUT2D eigenvalue weighted by atomic mass is 10.1. The Morgan fingerprint density at radius 2 is 1.74 bits per heavy atom. The Labute approximate surface area is 143 Å². The smallest absolute Gasteiger partial charge is 0.311 e. The van der Waals surface area contributed by atoms with Crippen molar-refractivity contribution >= 4 is 23.5 Å². The van der Waals surface area contributed by atoms with Crippen LogP contribution in [0.2, 0.25) is 5.02 Å². The molecule has 0 N–H and O–H groups in total. The fraction of sp³-hybridized carbons (Fsp3) is 0.556. The van der Waals surface area contributed by atoms with E-state index in [9.17, 15) is 9.59 Å². The van der Waals surface area contributed by atoms with Gasteiger partial charge in [0, 0.05) is 17.9 Å². The van der Waals surface area contributed by atoms with E-state index < -0.39 is 0 Å². The predicted octanol–water partition coefficient (Wildman–Crippen LogP) is 4.85. The van der Waals surface area contributed by atoms with Crippen molar-refractivity contribution in [3.05, 3.63) is 28.8 Å². The minimum absolute atomic E-state index is 0.155. The summed E-state index contributed by atoms with van der Waals surface area (Å²) in [7, 11) is 0. The normalized spacial score (nSPS) is 10.4. The van der Waals surface area contributed by atoms with Crippen molar-refractivity contribution in [2.75, 3.05) is 6.61 Å². The molecule has 1 aromatic carbocycles. The van der Waals surface area contributed by atoms with Gasteiger partial charge in [-0.3, -0.25) is 9.59 Å². The molecule has 0 fully saturated rings. The van der Waals surface area contributed by atoms with Crippen LogP contribution in [0, 0.1) is 6.92 Å². The van der Waals surface area contributed by atoms with Crippen molar-refractivity contribution in [2.24, 2.45) is 0 Å². The van der Waals surface area contributed by atoms with Crippen LogP contribution in [0.5, 0.6) is 5.75 Å². The van der Waals surface area contributed by atoms with E-state index in [0.29, 0.717) is 36.6 Å². The van der Waals surface area contributed by atoms with Crippen molar-refractivity contribution in [1.29, 1.82) is 0 Å². The van der Waals surface area contributed by atoms with E-state index in [0.717, 1.165) is 31.2 Å². The summed E-state index contributed by atoms with van der Waals surface area (Å²) >= 11 is 5.92. The molecule has 0 aliphatic heterocycles. The highest BCUT2D eigenvalue weighted by Crippen LogP contribution is 2.21. The Kier molecular flexibility index (Phi) is 9.37. The number of carbonyl (C=O) groups excluding carboxylic acids is 2. The maximum atomic E-state index is 11.7. The van der Waals surface area contributed by atoms with E-state index in [-0.39, 0.29) is 11.9 Å². The molecule has 0 bridgehead atoms. The van der Waals surface area contributed by atoms with Gasteiger partial charge in [-0.15, -0.1) is 0 Å². The van der Waals surface area contributed by atoms with Crippen molar-refractivity contribution in [1.82, 2.24) is 0 Å². The lowest BCUT2D eigenvalue weighted by Crippen LogP contribution is -2.08. The summed E-state index contributed by atoms with van der Waals surface area (Å²) in [5.41, 5.74) is 0.874. The number of esters is 2. The highest BCUT2D eigenvalue weighted by Gasteiger charge is 2.07. The molecule has 23 heavy (non-hydrogen) atoms. The monoisotopic (exact) mass is 340 g/mol. The van der Waals surface area contributed by atoms with Crippen LogP contribution in [0.3, 0.4) is 0 Å². The number of halogens is 1. The number of hydrogen-bond acceptors (Lipinski definition) is 4. The van der Waals surface area contributed by atoms with Gasteiger partial charge in [-0.25, -0.2) is 0 Å². The van der Waals surface area contributed by atoms with Crippen LogP contribution in [0.1, 0.15) is 57.4 Å². The molecule has 5 heteroatoms. The van der Waals surface area contributed by atoms with Crippen LogP contribution in [0.15, 0.2) is 18.2 Å². The van der Waals surface area contributed by atoms with Gasteiger partial charge in [0.25, 0.3) is 0 Å². The number of aryl methyl sites for hydroxylation is 1. The second-order valence-corrected chi connectivity index (χ2v) is 5.93. The highest BCUT2D eigenvalue weighted by atomic mass is 35.5. The maximum Gasteiger partial charge on any atom is 0.311 e. The summed E-state index contributed by atoms with van der Waals surface area (Å²) in [5, 5.41) is 0.649. The molecular weight excluding hydrogens is 316 g/mol. The number of benzene rings is 1. The third kappa shape index (κ3) is 8.60. The van der Waals surface area contributed by atoms with Crippen molar-refractivity contribution in [3.63, 3.8) is 0 Å². The number of hydrogen-bond donors (Lipinski definition) is 0. The van der Waals surface area contributed by atoms with Gasteiger partial charge in [0.15, 0.2) is 0 Å². The topological polar surface area (TPSA) is 52.6 Å². The Morgan fingerprint density at radius 3 is 2.39 bits per heavy atom. The van der Waals surface area contributed by atoms with E-state index in [4.69, 9.17) is 21.1 Å². The lowest BCUT2D eigenvalue weighted by Gasteiger charge is -2.06. The molecule has 1 aromatic rings. The summed E-state index contributed by atoms with van der Waals surface area (Å²) in [6.45, 7) is 4.42. The summed E-state index contributed by atoms with van der Waals surface area (Å²) in [6, 6.07) is 5.13. The van der Waals surface area contributed by atoms with Crippen LogP contribution in [0.4, 0.5) is 0 Å². The molecule has 0 heterocycles. The summed E-state index contributed by atoms with van der Waals surface area (Å²) in [5.74, 6) is 0.0892. The quantitative estimate of drug-likeness (QED) is 0.347. The van der Waals surface area contributed by atoms with E-state index in [1.54, 1.807) is 18.2 Å². The average Bonchev–Trinajstić information content (AvgIpc) is 2.51. The third-order valence-corrected chi connectivity index (χ3v) is 3.81. The lowest BCUT2D eigenvalue weighted by molar-refractivity contribution is -0.143. The van der Waals surface area contributed by atoms with E-state index >= 15 is 0 Å². The number of unbranched alkanes of at least 4 members (excludes halogenated alkanes) is 3. The molecule has 0 spiro atoms. The van der Waals surface area contributed by atoms with Crippen LogP contribution in [0.25, 0.3) is 0 Å². The molecule has 0 aliphatic rings. The van der Waals surface area contributed by atoms with Crippen LogP contribution in [-0.4, -0.2) is 18.5 Å². The number of rotatable bonds is 10. The molecule has 1 rings (SSSR count). The molecule has 0 atom stereocenters. The fourth-order valence-electron chi connectivity index (χ4n) is 1.98. The standard InChI is InChI=1S/C18H25ClO4/c1-3-4-12-22-17(20)8-6-5-7-9-18(21)23-15-10-11-16(19)14(2)13-15/h10-11,13H,3-9,12H2,1-2H3. The van der Waals surface area contributed by atoms with Gasteiger partial charge in [0.2, 0.25) is 0 Å². The predicted molar refractivity (Wildman–Crippen MR) is 90.8 cm³/mol. The van der Waals surface area contributed by atoms with Gasteiger partial charge in [-0.05, 0) is 49.9 Å². The minimum Gasteiger partial charge on any atom is -0.466 e. The molecule has 128 valence electrons. The van der Waals surface area contributed by atoms with Gasteiger partial charge in [0.05, 0.1) is 6.61 Å². The van der Waals surface area contributed by atoms with Crippen molar-refractivity contribution in [2.45, 2.75) is 58.8 Å². The van der Waals surface area contributed by atoms with Crippen LogP contribution < -0.4 is 4.74 Å². The number of carbonyl (C=O) groups is 2. The first-order valence-corrected chi connectivity index (χ1v) is 8.53. The fourth-order valence-corrected chi connectivity index (χ4v) is 2.10. The molecule has 0 amide bonds. The second-order valence-electron chi connectivity index (χ2n) is 5.52. The Hall–Kier alpha value is -1.55.